The van der Waals surface area contributed by atoms with Gasteiger partial charge in [0.15, 0.2) is 0 Å². The first-order valence-electron chi connectivity index (χ1n) is 6.95. The molecule has 1 aliphatic heterocycles. The Balaban J connectivity index is 0.00000220. The summed E-state index contributed by atoms with van der Waals surface area (Å²) >= 11 is 6.20. The van der Waals surface area contributed by atoms with E-state index in [1.54, 1.807) is 0 Å². The fourth-order valence-electron chi connectivity index (χ4n) is 2.62. The van der Waals surface area contributed by atoms with Gasteiger partial charge in [-0.15, -0.1) is 12.4 Å². The summed E-state index contributed by atoms with van der Waals surface area (Å²) in [6.45, 7) is 6.31. The highest BCUT2D eigenvalue weighted by Gasteiger charge is 2.21. The van der Waals surface area contributed by atoms with Gasteiger partial charge in [0.05, 0.1) is 17.3 Å². The molecule has 1 aliphatic rings. The van der Waals surface area contributed by atoms with Crippen LogP contribution in [-0.4, -0.2) is 43.5 Å². The van der Waals surface area contributed by atoms with Gasteiger partial charge in [-0.1, -0.05) is 17.7 Å². The summed E-state index contributed by atoms with van der Waals surface area (Å²) < 4.78 is 0. The van der Waals surface area contributed by atoms with Crippen molar-refractivity contribution >= 4 is 35.6 Å². The second-order valence-corrected chi connectivity index (χ2v) is 5.96. The van der Waals surface area contributed by atoms with Crippen LogP contribution < -0.4 is 10.6 Å². The lowest BCUT2D eigenvalue weighted by Gasteiger charge is -2.23. The van der Waals surface area contributed by atoms with Crippen LogP contribution in [-0.2, 0) is 4.79 Å². The van der Waals surface area contributed by atoms with Crippen LogP contribution in [0.25, 0.3) is 0 Å². The summed E-state index contributed by atoms with van der Waals surface area (Å²) in [5, 5.41) is 6.83. The highest BCUT2D eigenvalue weighted by Crippen LogP contribution is 2.27. The Kier molecular flexibility index (Phi) is 6.94. The van der Waals surface area contributed by atoms with E-state index in [2.05, 4.69) is 15.5 Å². The summed E-state index contributed by atoms with van der Waals surface area (Å²) in [5.41, 5.74) is 2.81. The molecule has 1 atom stereocenters. The van der Waals surface area contributed by atoms with E-state index < -0.39 is 0 Å². The Hall–Kier alpha value is -0.810. The Bertz CT molecular complexity index is 479. The number of carbonyl (C=O) groups excluding carboxylic acids is 1. The number of benzene rings is 1. The molecule has 1 fully saturated rings. The molecule has 6 heteroatoms. The van der Waals surface area contributed by atoms with Crippen molar-refractivity contribution in [2.24, 2.45) is 0 Å². The molecule has 0 radical (unpaired) electrons. The smallest absolute Gasteiger partial charge is 0.238 e. The van der Waals surface area contributed by atoms with Crippen LogP contribution in [0.4, 0.5) is 5.69 Å². The Morgan fingerprint density at radius 3 is 2.76 bits per heavy atom. The molecular weight excluding hydrogens is 309 g/mol. The summed E-state index contributed by atoms with van der Waals surface area (Å²) in [7, 11) is 1.99. The summed E-state index contributed by atoms with van der Waals surface area (Å²) in [5.74, 6) is -0.0201. The third kappa shape index (κ3) is 4.85. The standard InChI is InChI=1S/C15H22ClN3O.ClH/c1-10-6-11(2)15(13(16)7-10)18-14(20)9-19(3)12-4-5-17-8-12;/h6-7,12,17H,4-5,8-9H2,1-3H3,(H,18,20);1H. The lowest BCUT2D eigenvalue weighted by atomic mass is 10.1. The van der Waals surface area contributed by atoms with Crippen molar-refractivity contribution in [3.8, 4) is 0 Å². The topological polar surface area (TPSA) is 44.4 Å². The van der Waals surface area contributed by atoms with Gasteiger partial charge in [-0.05, 0) is 51.1 Å². The van der Waals surface area contributed by atoms with Crippen molar-refractivity contribution in [3.63, 3.8) is 0 Å². The molecule has 0 saturated carbocycles. The van der Waals surface area contributed by atoms with Crippen LogP contribution in [0.1, 0.15) is 17.5 Å². The number of nitrogens with zero attached hydrogens (tertiary/aromatic N) is 1. The largest absolute Gasteiger partial charge is 0.323 e. The molecule has 0 aliphatic carbocycles. The van der Waals surface area contributed by atoms with Crippen molar-refractivity contribution in [1.82, 2.24) is 10.2 Å². The predicted molar refractivity (Wildman–Crippen MR) is 90.7 cm³/mol. The van der Waals surface area contributed by atoms with Crippen LogP contribution in [0.15, 0.2) is 12.1 Å². The Labute approximate surface area is 137 Å². The van der Waals surface area contributed by atoms with Gasteiger partial charge in [-0.25, -0.2) is 0 Å². The van der Waals surface area contributed by atoms with E-state index in [1.165, 1.54) is 0 Å². The number of carbonyl (C=O) groups is 1. The van der Waals surface area contributed by atoms with Crippen molar-refractivity contribution in [2.45, 2.75) is 26.3 Å². The number of likely N-dealkylation sites (N-methyl/N-ethyl adjacent to an activating group) is 1. The van der Waals surface area contributed by atoms with Crippen molar-refractivity contribution < 1.29 is 4.79 Å². The minimum Gasteiger partial charge on any atom is -0.323 e. The SMILES string of the molecule is Cc1cc(C)c(NC(=O)CN(C)C2CCNC2)c(Cl)c1.Cl. The molecule has 1 unspecified atom stereocenters. The molecule has 1 heterocycles. The molecule has 0 spiro atoms. The molecule has 1 amide bonds. The zero-order valence-electron chi connectivity index (χ0n) is 12.7. The molecule has 4 nitrogen and oxygen atoms in total. The summed E-state index contributed by atoms with van der Waals surface area (Å²) in [6, 6.07) is 4.33. The number of halogens is 2. The van der Waals surface area contributed by atoms with Crippen LogP contribution in [0.5, 0.6) is 0 Å². The Morgan fingerprint density at radius 1 is 1.48 bits per heavy atom. The third-order valence-electron chi connectivity index (χ3n) is 3.75. The molecule has 1 aromatic carbocycles. The monoisotopic (exact) mass is 331 g/mol. The second-order valence-electron chi connectivity index (χ2n) is 5.55. The summed E-state index contributed by atoms with van der Waals surface area (Å²) in [4.78, 5) is 14.2. The van der Waals surface area contributed by atoms with Gasteiger partial charge in [0.1, 0.15) is 0 Å². The number of hydrogen-bond donors (Lipinski definition) is 2. The number of amides is 1. The first-order chi connectivity index (χ1) is 9.47. The highest BCUT2D eigenvalue weighted by molar-refractivity contribution is 6.34. The number of rotatable bonds is 4. The first-order valence-corrected chi connectivity index (χ1v) is 7.32. The second kappa shape index (κ2) is 7.99. The maximum atomic E-state index is 12.1. The zero-order chi connectivity index (χ0) is 14.7. The van der Waals surface area contributed by atoms with Gasteiger partial charge >= 0.3 is 0 Å². The Morgan fingerprint density at radius 2 is 2.19 bits per heavy atom. The molecule has 0 aromatic heterocycles. The van der Waals surface area contributed by atoms with Crippen molar-refractivity contribution in [1.29, 1.82) is 0 Å². The fraction of sp³-hybridized carbons (Fsp3) is 0.533. The van der Waals surface area contributed by atoms with Gasteiger partial charge in [0, 0.05) is 12.6 Å². The molecule has 1 aromatic rings. The number of anilines is 1. The highest BCUT2D eigenvalue weighted by atomic mass is 35.5. The average molecular weight is 332 g/mol. The maximum Gasteiger partial charge on any atom is 0.238 e. The van der Waals surface area contributed by atoms with E-state index in [4.69, 9.17) is 11.6 Å². The molecule has 2 rings (SSSR count). The van der Waals surface area contributed by atoms with Gasteiger partial charge in [0.25, 0.3) is 0 Å². The lowest BCUT2D eigenvalue weighted by molar-refractivity contribution is -0.117. The quantitative estimate of drug-likeness (QED) is 0.891. The zero-order valence-corrected chi connectivity index (χ0v) is 14.3. The maximum absolute atomic E-state index is 12.1. The number of aryl methyl sites for hydroxylation is 2. The van der Waals surface area contributed by atoms with Crippen molar-refractivity contribution in [2.75, 3.05) is 32.0 Å². The van der Waals surface area contributed by atoms with E-state index >= 15 is 0 Å². The third-order valence-corrected chi connectivity index (χ3v) is 4.04. The molecule has 118 valence electrons. The van der Waals surface area contributed by atoms with Crippen molar-refractivity contribution in [3.05, 3.63) is 28.3 Å². The first kappa shape index (κ1) is 18.2. The van der Waals surface area contributed by atoms with Crippen LogP contribution in [0.2, 0.25) is 5.02 Å². The molecule has 2 N–H and O–H groups in total. The van der Waals surface area contributed by atoms with Crippen LogP contribution in [0.3, 0.4) is 0 Å². The normalized spacial score (nSPS) is 17.7. The number of hydrogen-bond acceptors (Lipinski definition) is 3. The molecular formula is C15H23Cl2N3O. The minimum atomic E-state index is -0.0201. The van der Waals surface area contributed by atoms with Crippen LogP contribution in [0, 0.1) is 13.8 Å². The fourth-order valence-corrected chi connectivity index (χ4v) is 2.99. The predicted octanol–water partition coefficient (Wildman–Crippen LogP) is 2.61. The minimum absolute atomic E-state index is 0. The van der Waals surface area contributed by atoms with E-state index in [1.807, 2.05) is 33.0 Å². The van der Waals surface area contributed by atoms with E-state index in [0.29, 0.717) is 17.6 Å². The summed E-state index contributed by atoms with van der Waals surface area (Å²) in [6.07, 6.45) is 1.09. The van der Waals surface area contributed by atoms with Gasteiger partial charge < -0.3 is 10.6 Å². The average Bonchev–Trinajstić information content (AvgIpc) is 2.87. The van der Waals surface area contributed by atoms with E-state index in [0.717, 1.165) is 36.3 Å². The van der Waals surface area contributed by atoms with E-state index in [9.17, 15) is 4.79 Å². The van der Waals surface area contributed by atoms with Gasteiger partial charge in [-0.2, -0.15) is 0 Å². The van der Waals surface area contributed by atoms with E-state index in [-0.39, 0.29) is 18.3 Å². The molecule has 0 bridgehead atoms. The molecule has 1 saturated heterocycles. The van der Waals surface area contributed by atoms with Gasteiger partial charge in [-0.3, -0.25) is 9.69 Å². The lowest BCUT2D eigenvalue weighted by Crippen LogP contribution is -2.39. The number of nitrogens with one attached hydrogen (secondary N) is 2. The molecule has 21 heavy (non-hydrogen) atoms. The van der Waals surface area contributed by atoms with Crippen LogP contribution >= 0.6 is 24.0 Å². The van der Waals surface area contributed by atoms with Gasteiger partial charge in [0.2, 0.25) is 5.91 Å².